The fourth-order valence-corrected chi connectivity index (χ4v) is 1.66. The summed E-state index contributed by atoms with van der Waals surface area (Å²) in [4.78, 5) is 0. The van der Waals surface area contributed by atoms with Crippen LogP contribution in [0, 0.1) is 5.82 Å². The monoisotopic (exact) mass is 256 g/mol. The van der Waals surface area contributed by atoms with Crippen LogP contribution < -0.4 is 0 Å². The maximum atomic E-state index is 13.1. The summed E-state index contributed by atoms with van der Waals surface area (Å²) < 4.78 is 13.1. The van der Waals surface area contributed by atoms with Gasteiger partial charge in [-0.2, -0.15) is 0 Å². The highest BCUT2D eigenvalue weighted by Crippen LogP contribution is 2.30. The first-order valence-electron chi connectivity index (χ1n) is 4.52. The summed E-state index contributed by atoms with van der Waals surface area (Å²) in [5.41, 5.74) is 1.38. The van der Waals surface area contributed by atoms with E-state index in [2.05, 4.69) is 0 Å². The van der Waals surface area contributed by atoms with E-state index in [1.807, 2.05) is 0 Å². The van der Waals surface area contributed by atoms with Crippen LogP contribution >= 0.6 is 23.2 Å². The van der Waals surface area contributed by atoms with Crippen molar-refractivity contribution < 1.29 is 9.50 Å². The Hall–Kier alpha value is -1.25. The minimum atomic E-state index is -0.663. The lowest BCUT2D eigenvalue weighted by Crippen LogP contribution is -1.81. The Morgan fingerprint density at radius 2 is 1.50 bits per heavy atom. The molecule has 2 aromatic rings. The fraction of sp³-hybridized carbons (Fsp3) is 0. The number of hydrogen-bond acceptors (Lipinski definition) is 1. The lowest BCUT2D eigenvalue weighted by Gasteiger charge is -2.04. The van der Waals surface area contributed by atoms with Gasteiger partial charge in [-0.05, 0) is 35.4 Å². The van der Waals surface area contributed by atoms with Crippen LogP contribution in [-0.2, 0) is 0 Å². The topological polar surface area (TPSA) is 20.2 Å². The Morgan fingerprint density at radius 1 is 0.875 bits per heavy atom. The van der Waals surface area contributed by atoms with E-state index in [0.717, 1.165) is 5.56 Å². The Bertz CT molecular complexity index is 491. The first kappa shape index (κ1) is 11.2. The van der Waals surface area contributed by atoms with Crippen molar-refractivity contribution in [2.45, 2.75) is 0 Å². The van der Waals surface area contributed by atoms with E-state index < -0.39 is 5.82 Å². The highest BCUT2D eigenvalue weighted by atomic mass is 35.5. The minimum Gasteiger partial charge on any atom is -0.505 e. The molecule has 0 amide bonds. The molecule has 0 spiro atoms. The SMILES string of the molecule is Oc1ccc(-c2ccc(Cl)c(Cl)c2)cc1F. The van der Waals surface area contributed by atoms with Crippen LogP contribution in [0.1, 0.15) is 0 Å². The van der Waals surface area contributed by atoms with E-state index in [-0.39, 0.29) is 5.75 Å². The predicted octanol–water partition coefficient (Wildman–Crippen LogP) is 4.51. The van der Waals surface area contributed by atoms with Crippen molar-refractivity contribution >= 4 is 23.2 Å². The van der Waals surface area contributed by atoms with Crippen LogP contribution in [0.25, 0.3) is 11.1 Å². The predicted molar refractivity (Wildman–Crippen MR) is 63.5 cm³/mol. The van der Waals surface area contributed by atoms with Crippen molar-refractivity contribution in [1.82, 2.24) is 0 Å². The van der Waals surface area contributed by atoms with Crippen LogP contribution in [0.5, 0.6) is 5.75 Å². The van der Waals surface area contributed by atoms with E-state index in [1.54, 1.807) is 24.3 Å². The van der Waals surface area contributed by atoms with Crippen LogP contribution in [0.2, 0.25) is 10.0 Å². The van der Waals surface area contributed by atoms with Crippen LogP contribution in [0.15, 0.2) is 36.4 Å². The molecule has 1 N–H and O–H groups in total. The molecule has 0 aromatic heterocycles. The molecular weight excluding hydrogens is 250 g/mol. The zero-order valence-electron chi connectivity index (χ0n) is 8.05. The number of rotatable bonds is 1. The molecule has 0 aliphatic rings. The highest BCUT2D eigenvalue weighted by Gasteiger charge is 2.05. The molecule has 0 saturated carbocycles. The Balaban J connectivity index is 2.50. The summed E-state index contributed by atoms with van der Waals surface area (Å²) in [6.07, 6.45) is 0. The first-order chi connectivity index (χ1) is 7.58. The number of phenols is 1. The third kappa shape index (κ3) is 2.13. The van der Waals surface area contributed by atoms with Gasteiger partial charge in [-0.3, -0.25) is 0 Å². The number of aromatic hydroxyl groups is 1. The van der Waals surface area contributed by atoms with E-state index in [4.69, 9.17) is 28.3 Å². The molecule has 16 heavy (non-hydrogen) atoms. The van der Waals surface area contributed by atoms with Gasteiger partial charge in [0.05, 0.1) is 10.0 Å². The molecule has 0 fully saturated rings. The second kappa shape index (κ2) is 4.32. The van der Waals surface area contributed by atoms with Crippen LogP contribution in [0.3, 0.4) is 0 Å². The molecule has 0 aliphatic heterocycles. The Kier molecular flexibility index (Phi) is 3.03. The molecule has 0 aliphatic carbocycles. The average molecular weight is 257 g/mol. The summed E-state index contributed by atoms with van der Waals surface area (Å²) in [5.74, 6) is -1.03. The molecule has 0 atom stereocenters. The van der Waals surface area contributed by atoms with Gasteiger partial charge in [0.15, 0.2) is 11.6 Å². The second-order valence-electron chi connectivity index (χ2n) is 3.30. The molecule has 0 unspecified atom stereocenters. The van der Waals surface area contributed by atoms with E-state index in [0.29, 0.717) is 15.6 Å². The van der Waals surface area contributed by atoms with Crippen LogP contribution in [-0.4, -0.2) is 5.11 Å². The third-order valence-corrected chi connectivity index (χ3v) is 2.94. The van der Waals surface area contributed by atoms with Crippen molar-refractivity contribution in [3.05, 3.63) is 52.3 Å². The third-order valence-electron chi connectivity index (χ3n) is 2.20. The second-order valence-corrected chi connectivity index (χ2v) is 4.11. The number of benzene rings is 2. The van der Waals surface area contributed by atoms with Gasteiger partial charge in [-0.25, -0.2) is 4.39 Å². The Labute approximate surface area is 102 Å². The summed E-state index contributed by atoms with van der Waals surface area (Å²) in [7, 11) is 0. The molecule has 2 rings (SSSR count). The summed E-state index contributed by atoms with van der Waals surface area (Å²) in [6, 6.07) is 9.18. The maximum absolute atomic E-state index is 13.1. The van der Waals surface area contributed by atoms with Crippen molar-refractivity contribution in [3.8, 4) is 16.9 Å². The molecular formula is C12H7Cl2FO. The van der Waals surface area contributed by atoms with Crippen molar-refractivity contribution in [2.75, 3.05) is 0 Å². The average Bonchev–Trinajstić information content (AvgIpc) is 2.26. The first-order valence-corrected chi connectivity index (χ1v) is 5.27. The zero-order valence-corrected chi connectivity index (χ0v) is 9.56. The van der Waals surface area contributed by atoms with Gasteiger partial charge in [-0.1, -0.05) is 35.3 Å². The summed E-state index contributed by atoms with van der Waals surface area (Å²) in [5, 5.41) is 9.93. The molecule has 0 bridgehead atoms. The van der Waals surface area contributed by atoms with Crippen molar-refractivity contribution in [1.29, 1.82) is 0 Å². The van der Waals surface area contributed by atoms with Gasteiger partial charge >= 0.3 is 0 Å². The molecule has 0 radical (unpaired) electrons. The maximum Gasteiger partial charge on any atom is 0.165 e. The van der Waals surface area contributed by atoms with E-state index >= 15 is 0 Å². The molecule has 82 valence electrons. The minimum absolute atomic E-state index is 0.371. The molecule has 2 aromatic carbocycles. The highest BCUT2D eigenvalue weighted by molar-refractivity contribution is 6.42. The summed E-state index contributed by atoms with van der Waals surface area (Å²) >= 11 is 11.6. The number of phenolic OH excluding ortho intramolecular Hbond substituents is 1. The lowest BCUT2D eigenvalue weighted by atomic mass is 10.1. The molecule has 1 nitrogen and oxygen atoms in total. The van der Waals surface area contributed by atoms with Gasteiger partial charge in [0.1, 0.15) is 0 Å². The van der Waals surface area contributed by atoms with Crippen molar-refractivity contribution in [3.63, 3.8) is 0 Å². The molecule has 4 heteroatoms. The van der Waals surface area contributed by atoms with Crippen molar-refractivity contribution in [2.24, 2.45) is 0 Å². The largest absolute Gasteiger partial charge is 0.505 e. The van der Waals surface area contributed by atoms with Crippen LogP contribution in [0.4, 0.5) is 4.39 Å². The quantitative estimate of drug-likeness (QED) is 0.797. The lowest BCUT2D eigenvalue weighted by molar-refractivity contribution is 0.432. The summed E-state index contributed by atoms with van der Waals surface area (Å²) in [6.45, 7) is 0. The molecule has 0 saturated heterocycles. The van der Waals surface area contributed by atoms with Gasteiger partial charge in [0, 0.05) is 0 Å². The van der Waals surface area contributed by atoms with Gasteiger partial charge < -0.3 is 5.11 Å². The number of hydrogen-bond donors (Lipinski definition) is 1. The zero-order chi connectivity index (χ0) is 11.7. The molecule has 0 heterocycles. The fourth-order valence-electron chi connectivity index (χ4n) is 1.36. The number of halogens is 3. The van der Waals surface area contributed by atoms with Gasteiger partial charge in [0.25, 0.3) is 0 Å². The van der Waals surface area contributed by atoms with E-state index in [9.17, 15) is 4.39 Å². The van der Waals surface area contributed by atoms with Gasteiger partial charge in [-0.15, -0.1) is 0 Å². The standard InChI is InChI=1S/C12H7Cl2FO/c13-9-3-1-7(5-10(9)14)8-2-4-12(16)11(15)6-8/h1-6,16H. The normalized spacial score (nSPS) is 10.4. The smallest absolute Gasteiger partial charge is 0.165 e. The van der Waals surface area contributed by atoms with Gasteiger partial charge in [0.2, 0.25) is 0 Å². The van der Waals surface area contributed by atoms with E-state index in [1.165, 1.54) is 12.1 Å². The Morgan fingerprint density at radius 3 is 2.12 bits per heavy atom.